The quantitative estimate of drug-likeness (QED) is 0.588. The summed E-state index contributed by atoms with van der Waals surface area (Å²) < 4.78 is 43.3. The first-order valence-electron chi connectivity index (χ1n) is 5.03. The van der Waals surface area contributed by atoms with Gasteiger partial charge in [0.2, 0.25) is 0 Å². The molecule has 0 radical (unpaired) electrons. The number of ether oxygens (including phenoxy) is 1. The summed E-state index contributed by atoms with van der Waals surface area (Å²) in [5.41, 5.74) is 0.142. The molecule has 1 aromatic rings. The van der Waals surface area contributed by atoms with E-state index in [0.29, 0.717) is 13.0 Å². The SMILES string of the molecule is COC(=O)C1CCN1c1cc(F)c(F)c(F)c1. The van der Waals surface area contributed by atoms with Crippen LogP contribution in [0, 0.1) is 17.5 Å². The van der Waals surface area contributed by atoms with Crippen LogP contribution in [-0.2, 0) is 9.53 Å². The van der Waals surface area contributed by atoms with Gasteiger partial charge in [-0.15, -0.1) is 0 Å². The molecule has 1 aromatic carbocycles. The van der Waals surface area contributed by atoms with Crippen LogP contribution in [0.4, 0.5) is 18.9 Å². The van der Waals surface area contributed by atoms with Crippen molar-refractivity contribution in [3.63, 3.8) is 0 Å². The number of benzene rings is 1. The van der Waals surface area contributed by atoms with E-state index in [4.69, 9.17) is 0 Å². The highest BCUT2D eigenvalue weighted by Crippen LogP contribution is 2.29. The molecule has 92 valence electrons. The molecule has 3 nitrogen and oxygen atoms in total. The number of rotatable bonds is 2. The maximum absolute atomic E-state index is 13.0. The highest BCUT2D eigenvalue weighted by molar-refractivity contribution is 5.82. The molecule has 1 fully saturated rings. The molecule has 1 heterocycles. The van der Waals surface area contributed by atoms with Gasteiger partial charge in [-0.3, -0.25) is 0 Å². The van der Waals surface area contributed by atoms with Crippen LogP contribution in [0.1, 0.15) is 6.42 Å². The summed E-state index contributed by atoms with van der Waals surface area (Å²) >= 11 is 0. The lowest BCUT2D eigenvalue weighted by molar-refractivity contribution is -0.143. The fourth-order valence-electron chi connectivity index (χ4n) is 1.79. The summed E-state index contributed by atoms with van der Waals surface area (Å²) in [6.07, 6.45) is 0.549. The van der Waals surface area contributed by atoms with Gasteiger partial charge in [-0.2, -0.15) is 0 Å². The molecular formula is C11H10F3NO2. The molecule has 1 unspecified atom stereocenters. The van der Waals surface area contributed by atoms with Crippen molar-refractivity contribution in [3.05, 3.63) is 29.6 Å². The van der Waals surface area contributed by atoms with Crippen molar-refractivity contribution in [1.82, 2.24) is 0 Å². The molecule has 1 aliphatic rings. The molecule has 1 atom stereocenters. The maximum Gasteiger partial charge on any atom is 0.328 e. The minimum atomic E-state index is -1.51. The monoisotopic (exact) mass is 245 g/mol. The molecule has 1 saturated heterocycles. The standard InChI is InChI=1S/C11H10F3NO2/c1-17-11(16)9-2-3-15(9)6-4-7(12)10(14)8(13)5-6/h4-5,9H,2-3H2,1H3. The van der Waals surface area contributed by atoms with Crippen LogP contribution >= 0.6 is 0 Å². The smallest absolute Gasteiger partial charge is 0.328 e. The second-order valence-electron chi connectivity index (χ2n) is 3.74. The van der Waals surface area contributed by atoms with Crippen molar-refractivity contribution >= 4 is 11.7 Å². The Balaban J connectivity index is 2.27. The molecule has 0 amide bonds. The van der Waals surface area contributed by atoms with Crippen molar-refractivity contribution in [3.8, 4) is 0 Å². The number of esters is 1. The Hall–Kier alpha value is -1.72. The maximum atomic E-state index is 13.0. The Bertz CT molecular complexity index is 441. The molecule has 2 rings (SSSR count). The summed E-state index contributed by atoms with van der Waals surface area (Å²) in [6.45, 7) is 0.476. The number of methoxy groups -OCH3 is 1. The van der Waals surface area contributed by atoms with Gasteiger partial charge in [0.05, 0.1) is 7.11 Å². The Morgan fingerprint density at radius 2 is 1.94 bits per heavy atom. The Labute approximate surface area is 95.8 Å². The van der Waals surface area contributed by atoms with Gasteiger partial charge in [-0.25, -0.2) is 18.0 Å². The largest absolute Gasteiger partial charge is 0.467 e. The van der Waals surface area contributed by atoms with Crippen LogP contribution in [0.15, 0.2) is 12.1 Å². The fourth-order valence-corrected chi connectivity index (χ4v) is 1.79. The Morgan fingerprint density at radius 1 is 1.35 bits per heavy atom. The molecular weight excluding hydrogens is 235 g/mol. The minimum absolute atomic E-state index is 0.142. The predicted molar refractivity (Wildman–Crippen MR) is 54.1 cm³/mol. The van der Waals surface area contributed by atoms with Crippen LogP contribution in [0.5, 0.6) is 0 Å². The van der Waals surface area contributed by atoms with Gasteiger partial charge in [0.25, 0.3) is 0 Å². The van der Waals surface area contributed by atoms with E-state index in [1.807, 2.05) is 0 Å². The van der Waals surface area contributed by atoms with E-state index in [1.165, 1.54) is 12.0 Å². The average molecular weight is 245 g/mol. The molecule has 0 bridgehead atoms. The number of carbonyl (C=O) groups is 1. The number of hydrogen-bond donors (Lipinski definition) is 0. The zero-order chi connectivity index (χ0) is 12.6. The van der Waals surface area contributed by atoms with Gasteiger partial charge >= 0.3 is 5.97 Å². The lowest BCUT2D eigenvalue weighted by Crippen LogP contribution is -2.53. The third-order valence-electron chi connectivity index (χ3n) is 2.79. The second-order valence-corrected chi connectivity index (χ2v) is 3.74. The lowest BCUT2D eigenvalue weighted by Gasteiger charge is -2.40. The zero-order valence-corrected chi connectivity index (χ0v) is 9.04. The summed E-state index contributed by atoms with van der Waals surface area (Å²) in [6, 6.07) is 1.19. The molecule has 0 spiro atoms. The third-order valence-corrected chi connectivity index (χ3v) is 2.79. The van der Waals surface area contributed by atoms with Crippen LogP contribution in [0.25, 0.3) is 0 Å². The lowest BCUT2D eigenvalue weighted by atomic mass is 10.0. The molecule has 6 heteroatoms. The van der Waals surface area contributed by atoms with Gasteiger partial charge in [-0.1, -0.05) is 0 Å². The van der Waals surface area contributed by atoms with Gasteiger partial charge in [0.1, 0.15) is 6.04 Å². The van der Waals surface area contributed by atoms with E-state index in [-0.39, 0.29) is 5.69 Å². The number of hydrogen-bond acceptors (Lipinski definition) is 3. The topological polar surface area (TPSA) is 29.5 Å². The minimum Gasteiger partial charge on any atom is -0.467 e. The van der Waals surface area contributed by atoms with E-state index in [2.05, 4.69) is 4.74 Å². The molecule has 1 aliphatic heterocycles. The molecule has 0 saturated carbocycles. The summed E-state index contributed by atoms with van der Waals surface area (Å²) in [4.78, 5) is 12.8. The number of nitrogens with zero attached hydrogens (tertiary/aromatic N) is 1. The summed E-state index contributed by atoms with van der Waals surface area (Å²) in [5, 5.41) is 0. The van der Waals surface area contributed by atoms with Crippen LogP contribution < -0.4 is 4.90 Å². The van der Waals surface area contributed by atoms with Crippen LogP contribution in [0.2, 0.25) is 0 Å². The normalized spacial score (nSPS) is 18.8. The zero-order valence-electron chi connectivity index (χ0n) is 9.04. The Morgan fingerprint density at radius 3 is 2.35 bits per heavy atom. The first-order valence-corrected chi connectivity index (χ1v) is 5.03. The van der Waals surface area contributed by atoms with Crippen molar-refractivity contribution in [1.29, 1.82) is 0 Å². The summed E-state index contributed by atoms with van der Waals surface area (Å²) in [7, 11) is 1.24. The van der Waals surface area contributed by atoms with Gasteiger partial charge in [0, 0.05) is 24.4 Å². The molecule has 0 aromatic heterocycles. The number of anilines is 1. The number of carbonyl (C=O) groups excluding carboxylic acids is 1. The van der Waals surface area contributed by atoms with E-state index < -0.39 is 29.5 Å². The van der Waals surface area contributed by atoms with Crippen molar-refractivity contribution in [2.45, 2.75) is 12.5 Å². The summed E-state index contributed by atoms with van der Waals surface area (Å²) in [5.74, 6) is -4.52. The predicted octanol–water partition coefficient (Wildman–Crippen LogP) is 1.86. The molecule has 0 N–H and O–H groups in total. The Kier molecular flexibility index (Phi) is 2.95. The van der Waals surface area contributed by atoms with E-state index in [1.54, 1.807) is 0 Å². The average Bonchev–Trinajstić information content (AvgIpc) is 2.24. The third kappa shape index (κ3) is 1.94. The molecule has 0 aliphatic carbocycles. The van der Waals surface area contributed by atoms with Crippen molar-refractivity contribution in [2.75, 3.05) is 18.6 Å². The van der Waals surface area contributed by atoms with Gasteiger partial charge in [0.15, 0.2) is 17.5 Å². The van der Waals surface area contributed by atoms with Crippen LogP contribution in [-0.4, -0.2) is 25.7 Å². The van der Waals surface area contributed by atoms with Crippen molar-refractivity contribution < 1.29 is 22.7 Å². The van der Waals surface area contributed by atoms with Crippen molar-refractivity contribution in [2.24, 2.45) is 0 Å². The van der Waals surface area contributed by atoms with Crippen LogP contribution in [0.3, 0.4) is 0 Å². The second kappa shape index (κ2) is 4.27. The van der Waals surface area contributed by atoms with E-state index in [0.717, 1.165) is 12.1 Å². The molecule has 17 heavy (non-hydrogen) atoms. The van der Waals surface area contributed by atoms with Gasteiger partial charge in [-0.05, 0) is 6.42 Å². The highest BCUT2D eigenvalue weighted by Gasteiger charge is 2.35. The number of halogens is 3. The van der Waals surface area contributed by atoms with E-state index >= 15 is 0 Å². The van der Waals surface area contributed by atoms with E-state index in [9.17, 15) is 18.0 Å². The van der Waals surface area contributed by atoms with Gasteiger partial charge < -0.3 is 9.64 Å². The highest BCUT2D eigenvalue weighted by atomic mass is 19.2. The first kappa shape index (κ1) is 11.8. The fraction of sp³-hybridized carbons (Fsp3) is 0.364. The first-order chi connectivity index (χ1) is 8.04.